The average molecular weight is 168 g/mol. The van der Waals surface area contributed by atoms with Crippen LogP contribution in [0.15, 0.2) is 12.3 Å². The van der Waals surface area contributed by atoms with Crippen molar-refractivity contribution in [2.75, 3.05) is 0 Å². The van der Waals surface area contributed by atoms with Gasteiger partial charge in [-0.05, 0) is 37.3 Å². The fourth-order valence-corrected chi connectivity index (χ4v) is 1.74. The van der Waals surface area contributed by atoms with Gasteiger partial charge in [0.05, 0.1) is 5.02 Å². The lowest BCUT2D eigenvalue weighted by Gasteiger charge is -2.13. The molecule has 0 saturated carbocycles. The smallest absolute Gasteiger partial charge is 0.0592 e. The van der Waals surface area contributed by atoms with E-state index in [0.717, 1.165) is 17.9 Å². The van der Waals surface area contributed by atoms with Crippen LogP contribution in [0.4, 0.5) is 0 Å². The van der Waals surface area contributed by atoms with Crippen molar-refractivity contribution in [2.45, 2.75) is 25.7 Å². The van der Waals surface area contributed by atoms with Gasteiger partial charge in [0, 0.05) is 11.9 Å². The molecule has 0 aliphatic heterocycles. The van der Waals surface area contributed by atoms with E-state index in [1.165, 1.54) is 24.1 Å². The molecule has 0 saturated heterocycles. The maximum atomic E-state index is 5.81. The molecule has 58 valence electrons. The van der Waals surface area contributed by atoms with E-state index in [0.29, 0.717) is 0 Å². The molecular weight excluding hydrogens is 158 g/mol. The molecule has 1 heterocycles. The summed E-state index contributed by atoms with van der Waals surface area (Å²) in [4.78, 5) is 4.29. The first-order valence-corrected chi connectivity index (χ1v) is 4.37. The zero-order valence-electron chi connectivity index (χ0n) is 6.31. The molecule has 11 heavy (non-hydrogen) atoms. The highest BCUT2D eigenvalue weighted by Gasteiger charge is 2.09. The Morgan fingerprint density at radius 3 is 3.00 bits per heavy atom. The molecule has 0 radical (unpaired) electrons. The first kappa shape index (κ1) is 7.11. The lowest BCUT2D eigenvalue weighted by atomic mass is 9.96. The largest absolute Gasteiger partial charge is 0.259 e. The van der Waals surface area contributed by atoms with Crippen molar-refractivity contribution in [2.24, 2.45) is 0 Å². The molecule has 1 aromatic rings. The van der Waals surface area contributed by atoms with Gasteiger partial charge in [-0.1, -0.05) is 11.6 Å². The number of fused-ring (bicyclic) bond motifs is 1. The molecule has 0 N–H and O–H groups in total. The summed E-state index contributed by atoms with van der Waals surface area (Å²) in [6.07, 6.45) is 6.59. The number of halogens is 1. The third-order valence-corrected chi connectivity index (χ3v) is 2.34. The molecule has 0 unspecified atom stereocenters. The van der Waals surface area contributed by atoms with Crippen LogP contribution in [0.2, 0.25) is 5.02 Å². The van der Waals surface area contributed by atoms with E-state index in [4.69, 9.17) is 11.6 Å². The summed E-state index contributed by atoms with van der Waals surface area (Å²) in [5.41, 5.74) is 2.60. The molecule has 1 aliphatic rings. The molecule has 0 atom stereocenters. The van der Waals surface area contributed by atoms with Gasteiger partial charge < -0.3 is 0 Å². The number of rotatable bonds is 0. The maximum Gasteiger partial charge on any atom is 0.0592 e. The van der Waals surface area contributed by atoms with Crippen LogP contribution in [0.3, 0.4) is 0 Å². The SMILES string of the molecule is Clc1cnc2c(c1)CCCC2. The highest BCUT2D eigenvalue weighted by atomic mass is 35.5. The molecule has 1 nitrogen and oxygen atoms in total. The monoisotopic (exact) mass is 167 g/mol. The molecule has 1 aromatic heterocycles. The molecule has 0 aromatic carbocycles. The van der Waals surface area contributed by atoms with Crippen molar-refractivity contribution in [3.05, 3.63) is 28.5 Å². The van der Waals surface area contributed by atoms with E-state index in [9.17, 15) is 0 Å². The maximum absolute atomic E-state index is 5.81. The molecule has 2 rings (SSSR count). The topological polar surface area (TPSA) is 12.9 Å². The molecule has 1 aliphatic carbocycles. The summed E-state index contributed by atoms with van der Waals surface area (Å²) < 4.78 is 0. The van der Waals surface area contributed by atoms with Crippen molar-refractivity contribution >= 4 is 11.6 Å². The number of aromatic nitrogens is 1. The Morgan fingerprint density at radius 1 is 1.27 bits per heavy atom. The van der Waals surface area contributed by atoms with Crippen LogP contribution in [0.25, 0.3) is 0 Å². The lowest BCUT2D eigenvalue weighted by Crippen LogP contribution is -2.04. The Labute approximate surface area is 71.4 Å². The minimum atomic E-state index is 0.769. The summed E-state index contributed by atoms with van der Waals surface area (Å²) in [5, 5.41) is 0.769. The van der Waals surface area contributed by atoms with Crippen molar-refractivity contribution in [3.8, 4) is 0 Å². The van der Waals surface area contributed by atoms with E-state index in [-0.39, 0.29) is 0 Å². The Kier molecular flexibility index (Phi) is 1.82. The van der Waals surface area contributed by atoms with Gasteiger partial charge in [-0.15, -0.1) is 0 Å². The van der Waals surface area contributed by atoms with Gasteiger partial charge in [0.2, 0.25) is 0 Å². The third kappa shape index (κ3) is 1.38. The second-order valence-corrected chi connectivity index (χ2v) is 3.40. The van der Waals surface area contributed by atoms with E-state index in [2.05, 4.69) is 4.98 Å². The van der Waals surface area contributed by atoms with Crippen molar-refractivity contribution in [3.63, 3.8) is 0 Å². The van der Waals surface area contributed by atoms with Gasteiger partial charge in [-0.25, -0.2) is 0 Å². The van der Waals surface area contributed by atoms with E-state index >= 15 is 0 Å². The van der Waals surface area contributed by atoms with Gasteiger partial charge in [-0.3, -0.25) is 4.98 Å². The second-order valence-electron chi connectivity index (χ2n) is 2.97. The number of hydrogen-bond donors (Lipinski definition) is 0. The highest BCUT2D eigenvalue weighted by molar-refractivity contribution is 6.30. The van der Waals surface area contributed by atoms with Crippen molar-refractivity contribution in [1.29, 1.82) is 0 Å². The van der Waals surface area contributed by atoms with Gasteiger partial charge in [0.1, 0.15) is 0 Å². The molecular formula is C9H10ClN. The number of aryl methyl sites for hydroxylation is 2. The Hall–Kier alpha value is -0.560. The lowest BCUT2D eigenvalue weighted by molar-refractivity contribution is 0.668. The molecule has 0 amide bonds. The zero-order valence-corrected chi connectivity index (χ0v) is 7.06. The van der Waals surface area contributed by atoms with E-state index in [1.807, 2.05) is 6.07 Å². The number of pyridine rings is 1. The molecule has 0 fully saturated rings. The van der Waals surface area contributed by atoms with Crippen LogP contribution >= 0.6 is 11.6 Å². The number of nitrogens with zero attached hydrogens (tertiary/aromatic N) is 1. The Balaban J connectivity index is 2.43. The normalized spacial score (nSPS) is 16.1. The summed E-state index contributed by atoms with van der Waals surface area (Å²) in [7, 11) is 0. The van der Waals surface area contributed by atoms with Gasteiger partial charge in [0.15, 0.2) is 0 Å². The Morgan fingerprint density at radius 2 is 2.09 bits per heavy atom. The molecule has 2 heteroatoms. The van der Waals surface area contributed by atoms with Crippen molar-refractivity contribution in [1.82, 2.24) is 4.98 Å². The van der Waals surface area contributed by atoms with E-state index in [1.54, 1.807) is 6.20 Å². The minimum Gasteiger partial charge on any atom is -0.259 e. The van der Waals surface area contributed by atoms with Crippen molar-refractivity contribution < 1.29 is 0 Å². The van der Waals surface area contributed by atoms with Crippen LogP contribution < -0.4 is 0 Å². The van der Waals surface area contributed by atoms with E-state index < -0.39 is 0 Å². The fourth-order valence-electron chi connectivity index (χ4n) is 1.56. The summed E-state index contributed by atoms with van der Waals surface area (Å²) in [5.74, 6) is 0. The van der Waals surface area contributed by atoms with Gasteiger partial charge in [0.25, 0.3) is 0 Å². The standard InChI is InChI=1S/C9H10ClN/c10-8-5-7-3-1-2-4-9(7)11-6-8/h5-6H,1-4H2. The minimum absolute atomic E-state index is 0.769. The second kappa shape index (κ2) is 2.82. The summed E-state index contributed by atoms with van der Waals surface area (Å²) >= 11 is 5.81. The molecule has 0 spiro atoms. The van der Waals surface area contributed by atoms with Crippen LogP contribution in [0.5, 0.6) is 0 Å². The highest BCUT2D eigenvalue weighted by Crippen LogP contribution is 2.21. The third-order valence-electron chi connectivity index (χ3n) is 2.14. The Bertz CT molecular complexity index is 270. The van der Waals surface area contributed by atoms with Crippen LogP contribution in [-0.2, 0) is 12.8 Å². The first-order valence-electron chi connectivity index (χ1n) is 3.99. The van der Waals surface area contributed by atoms with Crippen LogP contribution in [0, 0.1) is 0 Å². The van der Waals surface area contributed by atoms with Gasteiger partial charge >= 0.3 is 0 Å². The van der Waals surface area contributed by atoms with Crippen LogP contribution in [-0.4, -0.2) is 4.98 Å². The summed E-state index contributed by atoms with van der Waals surface area (Å²) in [6, 6.07) is 2.04. The predicted octanol–water partition coefficient (Wildman–Crippen LogP) is 2.61. The predicted molar refractivity (Wildman–Crippen MR) is 45.9 cm³/mol. The number of hydrogen-bond acceptors (Lipinski definition) is 1. The summed E-state index contributed by atoms with van der Waals surface area (Å²) in [6.45, 7) is 0. The average Bonchev–Trinajstić information content (AvgIpc) is 2.04. The molecule has 0 bridgehead atoms. The van der Waals surface area contributed by atoms with Gasteiger partial charge in [-0.2, -0.15) is 0 Å². The zero-order chi connectivity index (χ0) is 7.68. The first-order chi connectivity index (χ1) is 5.36. The quantitative estimate of drug-likeness (QED) is 0.579. The van der Waals surface area contributed by atoms with Crippen LogP contribution in [0.1, 0.15) is 24.1 Å². The fraction of sp³-hybridized carbons (Fsp3) is 0.444.